The van der Waals surface area contributed by atoms with Crippen molar-refractivity contribution in [1.82, 2.24) is 0 Å². The summed E-state index contributed by atoms with van der Waals surface area (Å²) >= 11 is 1.88. The highest BCUT2D eigenvalue weighted by atomic mass is 32.1. The average molecular weight is 537 g/mol. The van der Waals surface area contributed by atoms with E-state index in [0.717, 1.165) is 0 Å². The number of thiophene rings is 1. The van der Waals surface area contributed by atoms with Gasteiger partial charge in [-0.25, -0.2) is 0 Å². The molecule has 0 saturated carbocycles. The van der Waals surface area contributed by atoms with Crippen LogP contribution in [0.2, 0.25) is 0 Å². The molecular weight excluding hydrogens is 513 g/mol. The highest BCUT2D eigenvalue weighted by Crippen LogP contribution is 2.48. The lowest BCUT2D eigenvalue weighted by Gasteiger charge is -2.20. The van der Waals surface area contributed by atoms with E-state index in [1.807, 2.05) is 11.3 Å². The fraction of sp³-hybridized carbons (Fsp3) is 0. The molecule has 8 aromatic carbocycles. The van der Waals surface area contributed by atoms with Crippen LogP contribution in [-0.4, -0.2) is 0 Å². The molecule has 0 atom stereocenters. The van der Waals surface area contributed by atoms with Gasteiger partial charge in [-0.3, -0.25) is 0 Å². The molecule has 0 fully saturated rings. The summed E-state index contributed by atoms with van der Waals surface area (Å²) in [6.45, 7) is 0. The van der Waals surface area contributed by atoms with E-state index in [2.05, 4.69) is 146 Å². The van der Waals surface area contributed by atoms with Gasteiger partial charge in [0.15, 0.2) is 0 Å². The zero-order chi connectivity index (χ0) is 26.9. The Morgan fingerprint density at radius 3 is 1.78 bits per heavy atom. The van der Waals surface area contributed by atoms with Crippen molar-refractivity contribution in [2.75, 3.05) is 0 Å². The van der Waals surface area contributed by atoms with Gasteiger partial charge in [0.05, 0.1) is 0 Å². The molecule has 0 nitrogen and oxygen atoms in total. The Morgan fingerprint density at radius 1 is 0.341 bits per heavy atom. The molecule has 0 aliphatic carbocycles. The number of benzene rings is 8. The molecule has 9 rings (SSSR count). The van der Waals surface area contributed by atoms with E-state index >= 15 is 0 Å². The van der Waals surface area contributed by atoms with Crippen molar-refractivity contribution >= 4 is 74.6 Å². The van der Waals surface area contributed by atoms with Crippen LogP contribution in [0.1, 0.15) is 0 Å². The van der Waals surface area contributed by atoms with Gasteiger partial charge >= 0.3 is 0 Å². The summed E-state index contributed by atoms with van der Waals surface area (Å²) in [5, 5.41) is 13.0. The molecular formula is C40H24S. The molecule has 0 radical (unpaired) electrons. The van der Waals surface area contributed by atoms with E-state index in [1.165, 1.54) is 85.5 Å². The molecule has 0 spiro atoms. The van der Waals surface area contributed by atoms with E-state index in [9.17, 15) is 0 Å². The van der Waals surface area contributed by atoms with Gasteiger partial charge in [0.2, 0.25) is 0 Å². The molecule has 190 valence electrons. The molecule has 0 amide bonds. The lowest BCUT2D eigenvalue weighted by Crippen LogP contribution is -1.92. The van der Waals surface area contributed by atoms with Gasteiger partial charge in [-0.05, 0) is 83.5 Å². The minimum atomic E-state index is 1.27. The standard InChI is InChI=1S/C40H24S/c1-3-13-28-25(10-1)12-9-18-31(28)39-33-17-6-5-16-32(33)38(40-29-14-4-2-11-26(29)20-22-34(39)40)27-21-23-37-35(24-27)30-15-7-8-19-36(30)41-37/h1-24H. The first-order valence-corrected chi connectivity index (χ1v) is 14.9. The summed E-state index contributed by atoms with van der Waals surface area (Å²) in [6.07, 6.45) is 0. The van der Waals surface area contributed by atoms with E-state index in [-0.39, 0.29) is 0 Å². The van der Waals surface area contributed by atoms with Gasteiger partial charge in [0.25, 0.3) is 0 Å². The molecule has 0 saturated heterocycles. The van der Waals surface area contributed by atoms with Crippen LogP contribution in [0.4, 0.5) is 0 Å². The molecule has 41 heavy (non-hydrogen) atoms. The molecule has 1 aromatic heterocycles. The molecule has 0 bridgehead atoms. The summed E-state index contributed by atoms with van der Waals surface area (Å²) in [5.41, 5.74) is 5.17. The summed E-state index contributed by atoms with van der Waals surface area (Å²) in [7, 11) is 0. The molecule has 9 aromatic rings. The van der Waals surface area contributed by atoms with Crippen molar-refractivity contribution in [3.63, 3.8) is 0 Å². The van der Waals surface area contributed by atoms with Gasteiger partial charge < -0.3 is 0 Å². The second kappa shape index (κ2) is 8.76. The van der Waals surface area contributed by atoms with Gasteiger partial charge in [-0.2, -0.15) is 0 Å². The number of hydrogen-bond donors (Lipinski definition) is 0. The predicted molar refractivity (Wildman–Crippen MR) is 180 cm³/mol. The Bertz CT molecular complexity index is 2470. The van der Waals surface area contributed by atoms with E-state index in [1.54, 1.807) is 0 Å². The first kappa shape index (κ1) is 22.8. The largest absolute Gasteiger partial charge is 0.135 e. The average Bonchev–Trinajstić information content (AvgIpc) is 3.41. The molecule has 1 heterocycles. The Kier molecular flexibility index (Phi) is 4.87. The first-order chi connectivity index (χ1) is 20.3. The summed E-state index contributed by atoms with van der Waals surface area (Å²) in [5.74, 6) is 0. The number of fused-ring (bicyclic) bond motifs is 8. The zero-order valence-electron chi connectivity index (χ0n) is 22.3. The van der Waals surface area contributed by atoms with E-state index in [0.29, 0.717) is 0 Å². The Labute approximate surface area is 241 Å². The van der Waals surface area contributed by atoms with Crippen molar-refractivity contribution in [3.05, 3.63) is 146 Å². The van der Waals surface area contributed by atoms with Crippen molar-refractivity contribution in [3.8, 4) is 22.3 Å². The van der Waals surface area contributed by atoms with Crippen LogP contribution in [0.15, 0.2) is 146 Å². The monoisotopic (exact) mass is 536 g/mol. The third kappa shape index (κ3) is 3.33. The van der Waals surface area contributed by atoms with Gasteiger partial charge in [0, 0.05) is 20.2 Å². The minimum Gasteiger partial charge on any atom is -0.135 e. The Balaban J connectivity index is 1.50. The Hall–Kier alpha value is -4.98. The molecule has 0 unspecified atom stereocenters. The van der Waals surface area contributed by atoms with Crippen LogP contribution in [0.3, 0.4) is 0 Å². The van der Waals surface area contributed by atoms with Crippen LogP contribution < -0.4 is 0 Å². The van der Waals surface area contributed by atoms with E-state index < -0.39 is 0 Å². The fourth-order valence-electron chi connectivity index (χ4n) is 6.86. The molecule has 1 heteroatoms. The SMILES string of the molecule is c1ccc2c(-c3c4ccccc4c(-c4ccc5sc6ccccc6c5c4)c4c3ccc3ccccc34)cccc2c1. The third-order valence-corrected chi connectivity index (χ3v) is 9.79. The fourth-order valence-corrected chi connectivity index (χ4v) is 7.95. The normalized spacial score (nSPS) is 11.9. The van der Waals surface area contributed by atoms with Gasteiger partial charge in [-0.15, -0.1) is 11.3 Å². The molecule has 0 aliphatic rings. The van der Waals surface area contributed by atoms with Crippen molar-refractivity contribution in [2.45, 2.75) is 0 Å². The van der Waals surface area contributed by atoms with Crippen LogP contribution in [0, 0.1) is 0 Å². The minimum absolute atomic E-state index is 1.27. The third-order valence-electron chi connectivity index (χ3n) is 8.64. The zero-order valence-corrected chi connectivity index (χ0v) is 23.1. The Morgan fingerprint density at radius 2 is 0.951 bits per heavy atom. The maximum absolute atomic E-state index is 2.43. The smallest absolute Gasteiger partial charge is 0.0355 e. The second-order valence-corrected chi connectivity index (χ2v) is 11.9. The second-order valence-electron chi connectivity index (χ2n) is 10.8. The predicted octanol–water partition coefficient (Wildman–Crippen LogP) is 12.0. The number of hydrogen-bond acceptors (Lipinski definition) is 1. The lowest BCUT2D eigenvalue weighted by atomic mass is 9.83. The quantitative estimate of drug-likeness (QED) is 0.152. The summed E-state index contributed by atoms with van der Waals surface area (Å²) in [6, 6.07) is 53.8. The lowest BCUT2D eigenvalue weighted by molar-refractivity contribution is 1.70. The summed E-state index contributed by atoms with van der Waals surface area (Å²) in [4.78, 5) is 0. The first-order valence-electron chi connectivity index (χ1n) is 14.1. The van der Waals surface area contributed by atoms with E-state index in [4.69, 9.17) is 0 Å². The van der Waals surface area contributed by atoms with Crippen LogP contribution in [0.25, 0.3) is 85.5 Å². The van der Waals surface area contributed by atoms with Gasteiger partial charge in [-0.1, -0.05) is 127 Å². The summed E-state index contributed by atoms with van der Waals surface area (Å²) < 4.78 is 2.67. The van der Waals surface area contributed by atoms with Crippen LogP contribution in [0.5, 0.6) is 0 Å². The number of rotatable bonds is 2. The van der Waals surface area contributed by atoms with Crippen LogP contribution in [-0.2, 0) is 0 Å². The molecule has 0 N–H and O–H groups in total. The highest BCUT2D eigenvalue weighted by Gasteiger charge is 2.20. The van der Waals surface area contributed by atoms with Crippen LogP contribution >= 0.6 is 11.3 Å². The molecule has 0 aliphatic heterocycles. The highest BCUT2D eigenvalue weighted by molar-refractivity contribution is 7.25. The maximum atomic E-state index is 2.43. The van der Waals surface area contributed by atoms with Crippen molar-refractivity contribution in [2.24, 2.45) is 0 Å². The van der Waals surface area contributed by atoms with Crippen molar-refractivity contribution in [1.29, 1.82) is 0 Å². The van der Waals surface area contributed by atoms with Gasteiger partial charge in [0.1, 0.15) is 0 Å². The topological polar surface area (TPSA) is 0 Å². The van der Waals surface area contributed by atoms with Crippen molar-refractivity contribution < 1.29 is 0 Å². The maximum Gasteiger partial charge on any atom is 0.0355 e.